The van der Waals surface area contributed by atoms with Gasteiger partial charge in [-0.2, -0.15) is 0 Å². The fourth-order valence-electron chi connectivity index (χ4n) is 1.45. The van der Waals surface area contributed by atoms with Crippen molar-refractivity contribution in [3.63, 3.8) is 0 Å². The van der Waals surface area contributed by atoms with E-state index in [0.717, 1.165) is 6.07 Å². The van der Waals surface area contributed by atoms with Crippen molar-refractivity contribution >= 4 is 27.5 Å². The van der Waals surface area contributed by atoms with Crippen LogP contribution in [0.2, 0.25) is 0 Å². The summed E-state index contributed by atoms with van der Waals surface area (Å²) in [4.78, 5) is 11.7. The molecule has 1 aromatic rings. The number of halogens is 4. The minimum Gasteiger partial charge on any atom is -0.405 e. The molecule has 0 heterocycles. The molecule has 1 amide bonds. The molecule has 8 heteroatoms. The molecule has 0 unspecified atom stereocenters. The second kappa shape index (κ2) is 6.65. The normalized spacial score (nSPS) is 12.1. The predicted molar refractivity (Wildman–Crippen MR) is 77.0 cm³/mol. The molecule has 1 rings (SSSR count). The fraction of sp³-hybridized carbons (Fsp3) is 0.462. The molecule has 0 saturated carbocycles. The number of alkyl halides is 3. The van der Waals surface area contributed by atoms with E-state index in [1.165, 1.54) is 12.1 Å². The van der Waals surface area contributed by atoms with Gasteiger partial charge in [0.05, 0.1) is 4.47 Å². The summed E-state index contributed by atoms with van der Waals surface area (Å²) in [6.07, 6.45) is -4.04. The molecule has 0 aliphatic carbocycles. The number of carbonyl (C=O) groups excluding carboxylic acids is 1. The Morgan fingerprint density at radius 3 is 2.48 bits per heavy atom. The molecule has 1 aromatic carbocycles. The maximum absolute atomic E-state index is 12.1. The lowest BCUT2D eigenvalue weighted by molar-refractivity contribution is -0.274. The number of ether oxygens (including phenoxy) is 1. The third-order valence-electron chi connectivity index (χ3n) is 2.44. The number of carbonyl (C=O) groups is 1. The molecule has 0 radical (unpaired) electrons. The first-order chi connectivity index (χ1) is 9.46. The summed E-state index contributed by atoms with van der Waals surface area (Å²) < 4.78 is 40.3. The van der Waals surface area contributed by atoms with Crippen LogP contribution in [0.15, 0.2) is 22.7 Å². The minimum atomic E-state index is -4.76. The topological polar surface area (TPSA) is 64.4 Å². The number of nitrogens with one attached hydrogen (secondary N) is 1. The van der Waals surface area contributed by atoms with Gasteiger partial charge in [-0.1, -0.05) is 0 Å². The zero-order chi connectivity index (χ0) is 16.3. The largest absolute Gasteiger partial charge is 0.573 e. The number of rotatable bonds is 5. The highest BCUT2D eigenvalue weighted by molar-refractivity contribution is 9.10. The van der Waals surface area contributed by atoms with Gasteiger partial charge in [-0.25, -0.2) is 0 Å². The van der Waals surface area contributed by atoms with E-state index in [-0.39, 0.29) is 22.6 Å². The Morgan fingerprint density at radius 2 is 2.00 bits per heavy atom. The van der Waals surface area contributed by atoms with Gasteiger partial charge in [-0.3, -0.25) is 4.79 Å². The van der Waals surface area contributed by atoms with Gasteiger partial charge in [0.25, 0.3) is 0 Å². The lowest BCUT2D eigenvalue weighted by atomic mass is 10.00. The minimum absolute atomic E-state index is 0.0942. The molecule has 0 aliphatic rings. The first-order valence-corrected chi connectivity index (χ1v) is 6.90. The lowest BCUT2D eigenvalue weighted by Crippen LogP contribution is -2.33. The fourth-order valence-corrected chi connectivity index (χ4v) is 1.90. The van der Waals surface area contributed by atoms with E-state index in [1.807, 2.05) is 0 Å². The quantitative estimate of drug-likeness (QED) is 0.830. The van der Waals surface area contributed by atoms with Crippen molar-refractivity contribution in [2.75, 3.05) is 5.32 Å². The Balaban J connectivity index is 2.65. The maximum Gasteiger partial charge on any atom is 0.573 e. The van der Waals surface area contributed by atoms with Crippen LogP contribution in [0.3, 0.4) is 0 Å². The van der Waals surface area contributed by atoms with E-state index in [0.29, 0.717) is 12.1 Å². The number of nitrogens with two attached hydrogens (primary N) is 1. The Morgan fingerprint density at radius 1 is 1.38 bits per heavy atom. The molecular weight excluding hydrogens is 353 g/mol. The lowest BCUT2D eigenvalue weighted by Gasteiger charge is -2.17. The van der Waals surface area contributed by atoms with Crippen molar-refractivity contribution < 1.29 is 22.7 Å². The number of hydrogen-bond donors (Lipinski definition) is 2. The van der Waals surface area contributed by atoms with Crippen LogP contribution in [0.25, 0.3) is 0 Å². The van der Waals surface area contributed by atoms with Gasteiger partial charge in [0.2, 0.25) is 5.91 Å². The molecule has 0 atom stereocenters. The highest BCUT2D eigenvalue weighted by Crippen LogP contribution is 2.32. The summed E-state index contributed by atoms with van der Waals surface area (Å²) in [5.41, 5.74) is 5.68. The van der Waals surface area contributed by atoms with Crippen LogP contribution in [0.4, 0.5) is 18.9 Å². The van der Waals surface area contributed by atoms with Gasteiger partial charge in [0.1, 0.15) is 5.75 Å². The molecule has 0 bridgehead atoms. The van der Waals surface area contributed by atoms with E-state index in [2.05, 4.69) is 26.0 Å². The van der Waals surface area contributed by atoms with Gasteiger partial charge in [0.15, 0.2) is 0 Å². The summed E-state index contributed by atoms with van der Waals surface area (Å²) in [7, 11) is 0. The van der Waals surface area contributed by atoms with Crippen molar-refractivity contribution in [2.24, 2.45) is 5.73 Å². The van der Waals surface area contributed by atoms with Gasteiger partial charge < -0.3 is 15.8 Å². The highest BCUT2D eigenvalue weighted by atomic mass is 79.9. The Labute approximate surface area is 129 Å². The molecule has 4 nitrogen and oxygen atoms in total. The van der Waals surface area contributed by atoms with Crippen LogP contribution >= 0.6 is 15.9 Å². The average molecular weight is 369 g/mol. The van der Waals surface area contributed by atoms with E-state index in [4.69, 9.17) is 5.73 Å². The van der Waals surface area contributed by atoms with Crippen molar-refractivity contribution in [3.05, 3.63) is 22.7 Å². The number of amides is 1. The number of benzene rings is 1. The van der Waals surface area contributed by atoms with Crippen LogP contribution in [-0.4, -0.2) is 17.8 Å². The third-order valence-corrected chi connectivity index (χ3v) is 3.06. The van der Waals surface area contributed by atoms with E-state index >= 15 is 0 Å². The molecule has 0 aliphatic heterocycles. The molecule has 0 aromatic heterocycles. The molecule has 21 heavy (non-hydrogen) atoms. The van der Waals surface area contributed by atoms with Gasteiger partial charge in [-0.15, -0.1) is 13.2 Å². The Hall–Kier alpha value is -1.28. The molecule has 0 saturated heterocycles. The Bertz CT molecular complexity index is 513. The first kappa shape index (κ1) is 17.8. The first-order valence-electron chi connectivity index (χ1n) is 6.10. The zero-order valence-electron chi connectivity index (χ0n) is 11.6. The highest BCUT2D eigenvalue weighted by Gasteiger charge is 2.32. The second-order valence-electron chi connectivity index (χ2n) is 5.23. The van der Waals surface area contributed by atoms with Crippen LogP contribution in [0.5, 0.6) is 5.75 Å². The third kappa shape index (κ3) is 7.33. The monoisotopic (exact) mass is 368 g/mol. The van der Waals surface area contributed by atoms with Crippen LogP contribution in [0.1, 0.15) is 26.7 Å². The summed E-state index contributed by atoms with van der Waals surface area (Å²) in [5, 5.41) is 2.58. The van der Waals surface area contributed by atoms with Crippen molar-refractivity contribution in [2.45, 2.75) is 38.6 Å². The van der Waals surface area contributed by atoms with E-state index in [9.17, 15) is 18.0 Å². The van der Waals surface area contributed by atoms with E-state index in [1.54, 1.807) is 13.8 Å². The zero-order valence-corrected chi connectivity index (χ0v) is 13.1. The van der Waals surface area contributed by atoms with Crippen LogP contribution in [0, 0.1) is 0 Å². The smallest absolute Gasteiger partial charge is 0.405 e. The summed E-state index contributed by atoms with van der Waals surface area (Å²) in [6.45, 7) is 3.61. The van der Waals surface area contributed by atoms with E-state index < -0.39 is 11.9 Å². The molecule has 0 fully saturated rings. The van der Waals surface area contributed by atoms with Gasteiger partial charge in [0, 0.05) is 17.6 Å². The molecule has 118 valence electrons. The summed E-state index contributed by atoms with van der Waals surface area (Å²) in [5.74, 6) is -0.631. The van der Waals surface area contributed by atoms with Crippen LogP contribution in [-0.2, 0) is 4.79 Å². The van der Waals surface area contributed by atoms with Crippen molar-refractivity contribution in [3.8, 4) is 5.75 Å². The molecule has 0 spiro atoms. The van der Waals surface area contributed by atoms with Crippen molar-refractivity contribution in [1.29, 1.82) is 0 Å². The summed E-state index contributed by atoms with van der Waals surface area (Å²) in [6, 6.07) is 3.80. The number of hydrogen-bond acceptors (Lipinski definition) is 3. The maximum atomic E-state index is 12.1. The summed E-state index contributed by atoms with van der Waals surface area (Å²) >= 11 is 2.96. The predicted octanol–water partition coefficient (Wildman–Crippen LogP) is 3.80. The second-order valence-corrected chi connectivity index (χ2v) is 6.08. The number of anilines is 1. The standard InChI is InChI=1S/C13H16BrF3N2O2/c1-12(2,18)6-5-11(20)19-8-3-4-10(9(14)7-8)21-13(15,16)17/h3-4,7H,5-6,18H2,1-2H3,(H,19,20). The Kier molecular flexibility index (Phi) is 5.63. The van der Waals surface area contributed by atoms with Crippen LogP contribution < -0.4 is 15.8 Å². The average Bonchev–Trinajstić information content (AvgIpc) is 2.28. The SMILES string of the molecule is CC(C)(N)CCC(=O)Nc1ccc(OC(F)(F)F)c(Br)c1. The molecule has 3 N–H and O–H groups in total. The molecular formula is C13H16BrF3N2O2. The van der Waals surface area contributed by atoms with Gasteiger partial charge >= 0.3 is 6.36 Å². The van der Waals surface area contributed by atoms with Gasteiger partial charge in [-0.05, 0) is 54.4 Å². The van der Waals surface area contributed by atoms with Crippen molar-refractivity contribution in [1.82, 2.24) is 0 Å².